The van der Waals surface area contributed by atoms with E-state index in [-0.39, 0.29) is 29.9 Å². The molecule has 1 aromatic carbocycles. The topological polar surface area (TPSA) is 49.3 Å². The Balaban J connectivity index is 2.44. The van der Waals surface area contributed by atoms with E-state index in [1.807, 2.05) is 6.92 Å². The summed E-state index contributed by atoms with van der Waals surface area (Å²) in [5, 5.41) is 11.7. The second-order valence-electron chi connectivity index (χ2n) is 4.33. The highest BCUT2D eigenvalue weighted by Gasteiger charge is 2.09. The van der Waals surface area contributed by atoms with Crippen LogP contribution in [-0.2, 0) is 11.2 Å². The van der Waals surface area contributed by atoms with E-state index in [2.05, 4.69) is 5.32 Å². The molecule has 0 aliphatic heterocycles. The molecule has 1 aromatic rings. The molecule has 1 amide bonds. The molecule has 0 aliphatic rings. The van der Waals surface area contributed by atoms with Crippen molar-refractivity contribution in [1.82, 2.24) is 5.32 Å². The number of nitrogens with one attached hydrogen (secondary N) is 1. The molecule has 1 rings (SSSR count). The Labute approximate surface area is 111 Å². The van der Waals surface area contributed by atoms with Crippen molar-refractivity contribution in [2.45, 2.75) is 19.8 Å². The normalized spacial score (nSPS) is 12.2. The van der Waals surface area contributed by atoms with Gasteiger partial charge in [0, 0.05) is 18.2 Å². The van der Waals surface area contributed by atoms with Crippen molar-refractivity contribution in [2.24, 2.45) is 5.92 Å². The van der Waals surface area contributed by atoms with Crippen LogP contribution in [0.5, 0.6) is 0 Å². The molecule has 0 spiro atoms. The molecule has 18 heavy (non-hydrogen) atoms. The van der Waals surface area contributed by atoms with Crippen LogP contribution >= 0.6 is 11.6 Å². The first-order valence-electron chi connectivity index (χ1n) is 5.84. The van der Waals surface area contributed by atoms with E-state index in [4.69, 9.17) is 16.7 Å². The molecular formula is C13H17ClFNO2. The summed E-state index contributed by atoms with van der Waals surface area (Å²) in [6, 6.07) is 3.98. The number of halogens is 2. The largest absolute Gasteiger partial charge is 0.396 e. The second kappa shape index (κ2) is 7.34. The van der Waals surface area contributed by atoms with Gasteiger partial charge >= 0.3 is 0 Å². The molecule has 0 heterocycles. The van der Waals surface area contributed by atoms with E-state index in [1.165, 1.54) is 18.2 Å². The van der Waals surface area contributed by atoms with Crippen LogP contribution in [0.15, 0.2) is 18.2 Å². The van der Waals surface area contributed by atoms with Crippen molar-refractivity contribution in [3.05, 3.63) is 34.6 Å². The van der Waals surface area contributed by atoms with E-state index in [0.717, 1.165) is 0 Å². The smallest absolute Gasteiger partial charge is 0.224 e. The zero-order valence-corrected chi connectivity index (χ0v) is 11.0. The summed E-state index contributed by atoms with van der Waals surface area (Å²) in [4.78, 5) is 11.6. The summed E-state index contributed by atoms with van der Waals surface area (Å²) in [7, 11) is 0. The van der Waals surface area contributed by atoms with Crippen LogP contribution in [0.3, 0.4) is 0 Å². The van der Waals surface area contributed by atoms with Gasteiger partial charge in [-0.1, -0.05) is 24.6 Å². The first-order chi connectivity index (χ1) is 8.52. The van der Waals surface area contributed by atoms with Crippen LogP contribution in [0.1, 0.15) is 18.9 Å². The van der Waals surface area contributed by atoms with E-state index in [9.17, 15) is 9.18 Å². The summed E-state index contributed by atoms with van der Waals surface area (Å²) >= 11 is 5.83. The Morgan fingerprint density at radius 3 is 2.89 bits per heavy atom. The van der Waals surface area contributed by atoms with Crippen molar-refractivity contribution < 1.29 is 14.3 Å². The molecule has 0 aromatic heterocycles. The fourth-order valence-electron chi connectivity index (χ4n) is 1.51. The predicted molar refractivity (Wildman–Crippen MR) is 69.0 cm³/mol. The van der Waals surface area contributed by atoms with Gasteiger partial charge in [-0.05, 0) is 30.0 Å². The van der Waals surface area contributed by atoms with E-state index in [0.29, 0.717) is 18.5 Å². The average molecular weight is 274 g/mol. The third-order valence-electron chi connectivity index (χ3n) is 2.64. The van der Waals surface area contributed by atoms with Crippen LogP contribution in [-0.4, -0.2) is 24.2 Å². The monoisotopic (exact) mass is 273 g/mol. The van der Waals surface area contributed by atoms with E-state index >= 15 is 0 Å². The maximum atomic E-state index is 12.8. The first-order valence-corrected chi connectivity index (χ1v) is 6.22. The molecular weight excluding hydrogens is 257 g/mol. The Kier molecular flexibility index (Phi) is 6.09. The number of aliphatic hydroxyl groups is 1. The summed E-state index contributed by atoms with van der Waals surface area (Å²) in [5.74, 6) is -0.350. The lowest BCUT2D eigenvalue weighted by atomic mass is 10.1. The minimum Gasteiger partial charge on any atom is -0.396 e. The summed E-state index contributed by atoms with van der Waals surface area (Å²) in [6.07, 6.45) is 0.780. The highest BCUT2D eigenvalue weighted by molar-refractivity contribution is 6.31. The number of benzene rings is 1. The molecule has 100 valence electrons. The van der Waals surface area contributed by atoms with Crippen molar-refractivity contribution in [3.8, 4) is 0 Å². The summed E-state index contributed by atoms with van der Waals surface area (Å²) in [6.45, 7) is 2.57. The van der Waals surface area contributed by atoms with Gasteiger partial charge in [-0.25, -0.2) is 4.39 Å². The number of aliphatic hydroxyl groups excluding tert-OH is 1. The van der Waals surface area contributed by atoms with Crippen LogP contribution in [0.4, 0.5) is 4.39 Å². The van der Waals surface area contributed by atoms with E-state index < -0.39 is 5.82 Å². The van der Waals surface area contributed by atoms with Gasteiger partial charge in [0.15, 0.2) is 0 Å². The Hall–Kier alpha value is -1.13. The SMILES string of the molecule is CC(CCO)CNC(=O)Cc1ccc(F)cc1Cl. The Morgan fingerprint density at radius 1 is 1.56 bits per heavy atom. The molecule has 0 bridgehead atoms. The van der Waals surface area contributed by atoms with Crippen molar-refractivity contribution in [3.63, 3.8) is 0 Å². The van der Waals surface area contributed by atoms with Crippen LogP contribution in [0, 0.1) is 11.7 Å². The molecule has 0 saturated heterocycles. The third kappa shape index (κ3) is 5.02. The van der Waals surface area contributed by atoms with Crippen LogP contribution in [0.25, 0.3) is 0 Å². The fraction of sp³-hybridized carbons (Fsp3) is 0.462. The first kappa shape index (κ1) is 14.9. The standard InChI is InChI=1S/C13H17ClFNO2/c1-9(4-5-17)8-16-13(18)6-10-2-3-11(15)7-12(10)14/h2-3,7,9,17H,4-6,8H2,1H3,(H,16,18). The average Bonchev–Trinajstić information content (AvgIpc) is 2.31. The minimum absolute atomic E-state index is 0.112. The molecule has 5 heteroatoms. The molecule has 1 unspecified atom stereocenters. The van der Waals surface area contributed by atoms with Gasteiger partial charge in [-0.2, -0.15) is 0 Å². The minimum atomic E-state index is -0.416. The van der Waals surface area contributed by atoms with Gasteiger partial charge in [-0.3, -0.25) is 4.79 Å². The zero-order valence-electron chi connectivity index (χ0n) is 10.2. The molecule has 0 aliphatic carbocycles. The number of carbonyl (C=O) groups is 1. The van der Waals surface area contributed by atoms with Crippen molar-refractivity contribution >= 4 is 17.5 Å². The maximum Gasteiger partial charge on any atom is 0.224 e. The highest BCUT2D eigenvalue weighted by atomic mass is 35.5. The summed E-state index contributed by atoms with van der Waals surface area (Å²) < 4.78 is 12.8. The highest BCUT2D eigenvalue weighted by Crippen LogP contribution is 2.17. The quantitative estimate of drug-likeness (QED) is 0.834. The number of amides is 1. The van der Waals surface area contributed by atoms with Crippen LogP contribution < -0.4 is 5.32 Å². The molecule has 3 nitrogen and oxygen atoms in total. The van der Waals surface area contributed by atoms with E-state index in [1.54, 1.807) is 0 Å². The fourth-order valence-corrected chi connectivity index (χ4v) is 1.75. The van der Waals surface area contributed by atoms with Gasteiger partial charge in [0.2, 0.25) is 5.91 Å². The van der Waals surface area contributed by atoms with Gasteiger partial charge in [0.25, 0.3) is 0 Å². The molecule has 0 fully saturated rings. The van der Waals surface area contributed by atoms with Gasteiger partial charge in [0.1, 0.15) is 5.82 Å². The molecule has 0 radical (unpaired) electrons. The Bertz CT molecular complexity index is 412. The lowest BCUT2D eigenvalue weighted by Crippen LogP contribution is -2.30. The van der Waals surface area contributed by atoms with Gasteiger partial charge < -0.3 is 10.4 Å². The second-order valence-corrected chi connectivity index (χ2v) is 4.74. The van der Waals surface area contributed by atoms with Gasteiger partial charge in [0.05, 0.1) is 6.42 Å². The summed E-state index contributed by atoms with van der Waals surface area (Å²) in [5.41, 5.74) is 0.602. The number of hydrogen-bond donors (Lipinski definition) is 2. The lowest BCUT2D eigenvalue weighted by Gasteiger charge is -2.11. The van der Waals surface area contributed by atoms with Crippen molar-refractivity contribution in [1.29, 1.82) is 0 Å². The van der Waals surface area contributed by atoms with Crippen molar-refractivity contribution in [2.75, 3.05) is 13.2 Å². The predicted octanol–water partition coefficient (Wildman–Crippen LogP) is 2.16. The number of rotatable bonds is 6. The zero-order chi connectivity index (χ0) is 13.5. The molecule has 1 atom stereocenters. The molecule has 2 N–H and O–H groups in total. The lowest BCUT2D eigenvalue weighted by molar-refractivity contribution is -0.120. The Morgan fingerprint density at radius 2 is 2.28 bits per heavy atom. The van der Waals surface area contributed by atoms with Gasteiger partial charge in [-0.15, -0.1) is 0 Å². The van der Waals surface area contributed by atoms with Crippen LogP contribution in [0.2, 0.25) is 5.02 Å². The maximum absolute atomic E-state index is 12.8. The third-order valence-corrected chi connectivity index (χ3v) is 2.99. The number of carbonyl (C=O) groups excluding carboxylic acids is 1. The number of hydrogen-bond acceptors (Lipinski definition) is 2. The molecule has 0 saturated carbocycles.